The van der Waals surface area contributed by atoms with E-state index in [9.17, 15) is 5.11 Å². The van der Waals surface area contributed by atoms with E-state index in [1.54, 1.807) is 42.6 Å². The molecule has 4 heteroatoms. The Morgan fingerprint density at radius 1 is 1.18 bits per heavy atom. The highest BCUT2D eigenvalue weighted by Crippen LogP contribution is 2.23. The minimum atomic E-state index is -0.0900. The summed E-state index contributed by atoms with van der Waals surface area (Å²) >= 11 is 0. The number of aromatic nitrogens is 1. The van der Waals surface area contributed by atoms with Crippen molar-refractivity contribution in [1.82, 2.24) is 4.98 Å². The summed E-state index contributed by atoms with van der Waals surface area (Å²) in [6.07, 6.45) is 1.55. The van der Waals surface area contributed by atoms with Crippen molar-refractivity contribution < 1.29 is 9.84 Å². The summed E-state index contributed by atoms with van der Waals surface area (Å²) in [6.45, 7) is 3.41. The lowest BCUT2D eigenvalue weighted by molar-refractivity contribution is 0.478. The van der Waals surface area contributed by atoms with Gasteiger partial charge in [0.15, 0.2) is 0 Å². The van der Waals surface area contributed by atoms with E-state index in [2.05, 4.69) is 11.6 Å². The maximum Gasteiger partial charge on any atom is 0.134 e. The number of aliphatic hydroxyl groups excluding tert-OH is 1. The zero-order chi connectivity index (χ0) is 12.3. The highest BCUT2D eigenvalue weighted by molar-refractivity contribution is 5.53. The lowest BCUT2D eigenvalue weighted by atomic mass is 10.3. The lowest BCUT2D eigenvalue weighted by Gasteiger charge is -2.06. The van der Waals surface area contributed by atoms with Crippen molar-refractivity contribution in [3.63, 3.8) is 0 Å². The second kappa shape index (κ2) is 4.57. The van der Waals surface area contributed by atoms with Crippen LogP contribution < -0.4 is 10.5 Å². The number of nitrogens with zero attached hydrogens (tertiary/aromatic N) is 1. The van der Waals surface area contributed by atoms with E-state index >= 15 is 0 Å². The third-order valence-electron chi connectivity index (χ3n) is 2.14. The van der Waals surface area contributed by atoms with Crippen LogP contribution in [0.25, 0.3) is 5.76 Å². The molecule has 0 aliphatic rings. The number of pyridine rings is 1. The van der Waals surface area contributed by atoms with Gasteiger partial charge in [-0.2, -0.15) is 0 Å². The van der Waals surface area contributed by atoms with E-state index in [4.69, 9.17) is 10.5 Å². The minimum Gasteiger partial charge on any atom is -0.506 e. The summed E-state index contributed by atoms with van der Waals surface area (Å²) in [5.41, 5.74) is 6.64. The van der Waals surface area contributed by atoms with Crippen LogP contribution in [0.3, 0.4) is 0 Å². The van der Waals surface area contributed by atoms with Gasteiger partial charge in [0.05, 0.1) is 0 Å². The SMILES string of the molecule is C=C(O)c1cc(Oc2ccc(N)cc2)ccn1. The van der Waals surface area contributed by atoms with Gasteiger partial charge >= 0.3 is 0 Å². The number of hydrogen-bond donors (Lipinski definition) is 2. The fraction of sp³-hybridized carbons (Fsp3) is 0. The Morgan fingerprint density at radius 3 is 2.53 bits per heavy atom. The first-order valence-electron chi connectivity index (χ1n) is 5.03. The number of nitrogens with two attached hydrogens (primary N) is 1. The fourth-order valence-electron chi connectivity index (χ4n) is 1.30. The summed E-state index contributed by atoms with van der Waals surface area (Å²) in [4.78, 5) is 3.95. The quantitative estimate of drug-likeness (QED) is 0.626. The molecule has 4 nitrogen and oxygen atoms in total. The van der Waals surface area contributed by atoms with E-state index in [-0.39, 0.29) is 5.76 Å². The van der Waals surface area contributed by atoms with Crippen LogP contribution in [0.5, 0.6) is 11.5 Å². The Balaban J connectivity index is 2.21. The first-order chi connectivity index (χ1) is 8.15. The van der Waals surface area contributed by atoms with Crippen LogP contribution in [0.15, 0.2) is 49.2 Å². The molecule has 0 radical (unpaired) electrons. The fourth-order valence-corrected chi connectivity index (χ4v) is 1.30. The molecule has 0 bridgehead atoms. The van der Waals surface area contributed by atoms with Gasteiger partial charge < -0.3 is 15.6 Å². The zero-order valence-electron chi connectivity index (χ0n) is 9.13. The standard InChI is InChI=1S/C13H12N2O2/c1-9(16)13-8-12(6-7-15-13)17-11-4-2-10(14)3-5-11/h2-8,16H,1,14H2. The average molecular weight is 228 g/mol. The van der Waals surface area contributed by atoms with E-state index in [0.717, 1.165) is 0 Å². The van der Waals surface area contributed by atoms with Gasteiger partial charge in [-0.05, 0) is 30.3 Å². The van der Waals surface area contributed by atoms with Gasteiger partial charge in [-0.15, -0.1) is 0 Å². The molecule has 1 heterocycles. The molecule has 0 saturated carbocycles. The van der Waals surface area contributed by atoms with Crippen molar-refractivity contribution in [2.45, 2.75) is 0 Å². The molecule has 86 valence electrons. The van der Waals surface area contributed by atoms with E-state index in [1.165, 1.54) is 0 Å². The Hall–Kier alpha value is -2.49. The molecule has 0 amide bonds. The number of nitrogen functional groups attached to an aromatic ring is 1. The maximum atomic E-state index is 9.22. The monoisotopic (exact) mass is 228 g/mol. The average Bonchev–Trinajstić information content (AvgIpc) is 2.32. The van der Waals surface area contributed by atoms with Crippen LogP contribution in [-0.2, 0) is 0 Å². The van der Waals surface area contributed by atoms with Gasteiger partial charge in [0.2, 0.25) is 0 Å². The predicted molar refractivity (Wildman–Crippen MR) is 66.8 cm³/mol. The third-order valence-corrected chi connectivity index (χ3v) is 2.14. The summed E-state index contributed by atoms with van der Waals surface area (Å²) in [6, 6.07) is 10.3. The van der Waals surface area contributed by atoms with Crippen molar-refractivity contribution in [3.05, 3.63) is 54.9 Å². The molecule has 2 aromatic rings. The van der Waals surface area contributed by atoms with Crippen molar-refractivity contribution in [2.24, 2.45) is 0 Å². The van der Waals surface area contributed by atoms with Crippen molar-refractivity contribution in [1.29, 1.82) is 0 Å². The second-order valence-electron chi connectivity index (χ2n) is 3.49. The van der Waals surface area contributed by atoms with Crippen LogP contribution >= 0.6 is 0 Å². The van der Waals surface area contributed by atoms with Crippen LogP contribution in [0.1, 0.15) is 5.69 Å². The molecule has 0 spiro atoms. The van der Waals surface area contributed by atoms with Gasteiger partial charge in [-0.3, -0.25) is 4.98 Å². The van der Waals surface area contributed by atoms with Crippen molar-refractivity contribution in [2.75, 3.05) is 5.73 Å². The molecule has 2 rings (SSSR count). The zero-order valence-corrected chi connectivity index (χ0v) is 9.13. The van der Waals surface area contributed by atoms with Gasteiger partial charge in [-0.25, -0.2) is 0 Å². The summed E-state index contributed by atoms with van der Waals surface area (Å²) in [7, 11) is 0. The largest absolute Gasteiger partial charge is 0.506 e. The summed E-state index contributed by atoms with van der Waals surface area (Å²) in [5.74, 6) is 1.16. The topological polar surface area (TPSA) is 68.4 Å². The normalized spacial score (nSPS) is 9.88. The number of ether oxygens (including phenoxy) is 1. The smallest absolute Gasteiger partial charge is 0.134 e. The van der Waals surface area contributed by atoms with Gasteiger partial charge in [0, 0.05) is 18.0 Å². The molecule has 0 fully saturated rings. The van der Waals surface area contributed by atoms with E-state index in [1.807, 2.05) is 0 Å². The lowest BCUT2D eigenvalue weighted by Crippen LogP contribution is -1.90. The number of benzene rings is 1. The third kappa shape index (κ3) is 2.75. The molecule has 0 unspecified atom stereocenters. The summed E-state index contributed by atoms with van der Waals surface area (Å²) < 4.78 is 5.58. The first kappa shape index (κ1) is 11.0. The number of hydrogen-bond acceptors (Lipinski definition) is 4. The van der Waals surface area contributed by atoms with Crippen molar-refractivity contribution >= 4 is 11.4 Å². The Kier molecular flexibility index (Phi) is 2.96. The molecule has 0 atom stereocenters. The van der Waals surface area contributed by atoms with Gasteiger partial charge in [0.25, 0.3) is 0 Å². The van der Waals surface area contributed by atoms with Crippen molar-refractivity contribution in [3.8, 4) is 11.5 Å². The number of anilines is 1. The van der Waals surface area contributed by atoms with Crippen LogP contribution in [0.2, 0.25) is 0 Å². The number of rotatable bonds is 3. The van der Waals surface area contributed by atoms with Crippen LogP contribution in [0.4, 0.5) is 5.69 Å². The van der Waals surface area contributed by atoms with E-state index in [0.29, 0.717) is 22.9 Å². The predicted octanol–water partition coefficient (Wildman–Crippen LogP) is 2.98. The molecule has 0 saturated heterocycles. The van der Waals surface area contributed by atoms with Crippen LogP contribution in [0, 0.1) is 0 Å². The molecule has 1 aromatic carbocycles. The van der Waals surface area contributed by atoms with E-state index < -0.39 is 0 Å². The van der Waals surface area contributed by atoms with Crippen LogP contribution in [-0.4, -0.2) is 10.1 Å². The maximum absolute atomic E-state index is 9.22. The number of aliphatic hydroxyl groups is 1. The molecule has 0 aliphatic heterocycles. The molecule has 1 aromatic heterocycles. The van der Waals surface area contributed by atoms with Gasteiger partial charge in [-0.1, -0.05) is 6.58 Å². The molecule has 0 aliphatic carbocycles. The Labute approximate surface area is 99.0 Å². The second-order valence-corrected chi connectivity index (χ2v) is 3.49. The Morgan fingerprint density at radius 2 is 1.88 bits per heavy atom. The highest BCUT2D eigenvalue weighted by Gasteiger charge is 2.02. The Bertz CT molecular complexity index is 535. The summed E-state index contributed by atoms with van der Waals surface area (Å²) in [5, 5.41) is 9.22. The molecular formula is C13H12N2O2. The molecule has 3 N–H and O–H groups in total. The van der Waals surface area contributed by atoms with Gasteiger partial charge in [0.1, 0.15) is 23.0 Å². The first-order valence-corrected chi connectivity index (χ1v) is 5.03. The molecular weight excluding hydrogens is 216 g/mol. The highest BCUT2D eigenvalue weighted by atomic mass is 16.5. The minimum absolute atomic E-state index is 0.0900. The molecule has 17 heavy (non-hydrogen) atoms.